The van der Waals surface area contributed by atoms with E-state index >= 15 is 0 Å². The van der Waals surface area contributed by atoms with Crippen LogP contribution in [0.1, 0.15) is 31.9 Å². The molecular weight excluding hydrogens is 452 g/mol. The quantitative estimate of drug-likeness (QED) is 0.542. The Hall–Kier alpha value is -3.14. The average molecular weight is 471 g/mol. The van der Waals surface area contributed by atoms with Crippen molar-refractivity contribution in [3.05, 3.63) is 68.8 Å². The van der Waals surface area contributed by atoms with Crippen molar-refractivity contribution in [3.63, 3.8) is 0 Å². The Morgan fingerprint density at radius 1 is 1.16 bits per heavy atom. The van der Waals surface area contributed by atoms with E-state index in [0.717, 1.165) is 10.7 Å². The van der Waals surface area contributed by atoms with Gasteiger partial charge in [0.05, 0.1) is 16.3 Å². The molecule has 0 unspecified atom stereocenters. The summed E-state index contributed by atoms with van der Waals surface area (Å²) in [5.74, 6) is -1.79. The Labute approximate surface area is 185 Å². The molecule has 0 radical (unpaired) electrons. The van der Waals surface area contributed by atoms with Crippen LogP contribution >= 0.6 is 11.6 Å². The van der Waals surface area contributed by atoms with Gasteiger partial charge in [-0.05, 0) is 29.8 Å². The van der Waals surface area contributed by atoms with E-state index in [-0.39, 0.29) is 34.5 Å². The number of aromatic amines is 1. The molecule has 6 nitrogen and oxygen atoms in total. The number of carbonyl (C=O) groups excluding carboxylic acids is 1. The number of carbonyl (C=O) groups is 1. The lowest BCUT2D eigenvalue weighted by Crippen LogP contribution is -2.34. The van der Waals surface area contributed by atoms with E-state index in [9.17, 15) is 27.2 Å². The highest BCUT2D eigenvalue weighted by Crippen LogP contribution is 2.33. The summed E-state index contributed by atoms with van der Waals surface area (Å²) in [4.78, 5) is 26.9. The van der Waals surface area contributed by atoms with E-state index in [0.29, 0.717) is 17.7 Å². The molecule has 0 aliphatic heterocycles. The molecule has 2 aromatic carbocycles. The molecule has 0 aliphatic rings. The molecule has 0 atom stereocenters. The maximum absolute atomic E-state index is 13.9. The Bertz CT molecular complexity index is 1230. The number of rotatable bonds is 4. The number of amides is 1. The minimum absolute atomic E-state index is 0.0453. The highest BCUT2D eigenvalue weighted by Gasteiger charge is 2.34. The summed E-state index contributed by atoms with van der Waals surface area (Å²) >= 11 is 6.20. The summed E-state index contributed by atoms with van der Waals surface area (Å²) < 4.78 is 53.2. The first-order valence-electron chi connectivity index (χ1n) is 9.41. The van der Waals surface area contributed by atoms with Crippen molar-refractivity contribution < 1.29 is 22.4 Å². The van der Waals surface area contributed by atoms with Crippen molar-refractivity contribution >= 4 is 17.5 Å². The molecule has 0 spiro atoms. The van der Waals surface area contributed by atoms with Crippen molar-refractivity contribution in [1.29, 1.82) is 0 Å². The summed E-state index contributed by atoms with van der Waals surface area (Å²) in [6.07, 6.45) is -4.84. The fraction of sp³-hybridized carbons (Fsp3) is 0.286. The van der Waals surface area contributed by atoms with Crippen LogP contribution in [0.15, 0.2) is 41.2 Å². The van der Waals surface area contributed by atoms with Crippen molar-refractivity contribution in [2.45, 2.75) is 33.5 Å². The third-order valence-electron chi connectivity index (χ3n) is 4.54. The van der Waals surface area contributed by atoms with Gasteiger partial charge in [0, 0.05) is 17.5 Å². The van der Waals surface area contributed by atoms with Crippen LogP contribution in [0.3, 0.4) is 0 Å². The third-order valence-corrected chi connectivity index (χ3v) is 4.86. The molecule has 0 aliphatic carbocycles. The fourth-order valence-corrected chi connectivity index (χ4v) is 2.99. The summed E-state index contributed by atoms with van der Waals surface area (Å²) in [5.41, 5.74) is -1.95. The molecule has 0 fully saturated rings. The summed E-state index contributed by atoms with van der Waals surface area (Å²) in [6, 6.07) is 6.96. The van der Waals surface area contributed by atoms with E-state index in [2.05, 4.69) is 15.4 Å². The van der Waals surface area contributed by atoms with E-state index in [1.54, 1.807) is 32.9 Å². The summed E-state index contributed by atoms with van der Waals surface area (Å²) in [5, 5.41) is 7.00. The standard InChI is InChI=1S/C21H19ClF4N4O2/c1-20(2,3)18(31)27-10-11-4-7-14(22)16(8-11)30-19(32)28-17(29-30)12-5-6-13(15(23)9-12)21(24,25)26/h4-9H,10H2,1-3H3,(H,27,31)(H,28,29,32). The molecule has 3 rings (SSSR count). The topological polar surface area (TPSA) is 79.8 Å². The molecule has 32 heavy (non-hydrogen) atoms. The average Bonchev–Trinajstić information content (AvgIpc) is 3.06. The van der Waals surface area contributed by atoms with Gasteiger partial charge in [-0.3, -0.25) is 9.78 Å². The number of nitrogens with zero attached hydrogens (tertiary/aromatic N) is 2. The second kappa shape index (κ2) is 8.42. The van der Waals surface area contributed by atoms with Gasteiger partial charge in [0.1, 0.15) is 5.82 Å². The molecule has 0 bridgehead atoms. The van der Waals surface area contributed by atoms with Gasteiger partial charge in [-0.25, -0.2) is 9.18 Å². The lowest BCUT2D eigenvalue weighted by atomic mass is 9.95. The van der Waals surface area contributed by atoms with Crippen LogP contribution in [0.25, 0.3) is 17.1 Å². The Kier molecular flexibility index (Phi) is 6.19. The van der Waals surface area contributed by atoms with Crippen LogP contribution in [-0.4, -0.2) is 20.7 Å². The Morgan fingerprint density at radius 3 is 2.44 bits per heavy atom. The third kappa shape index (κ3) is 5.01. The summed E-state index contributed by atoms with van der Waals surface area (Å²) in [6.45, 7) is 5.48. The van der Waals surface area contributed by atoms with Gasteiger partial charge in [0.2, 0.25) is 5.91 Å². The van der Waals surface area contributed by atoms with Gasteiger partial charge >= 0.3 is 11.9 Å². The van der Waals surface area contributed by atoms with Crippen molar-refractivity contribution in [3.8, 4) is 17.1 Å². The highest BCUT2D eigenvalue weighted by molar-refractivity contribution is 6.32. The summed E-state index contributed by atoms with van der Waals surface area (Å²) in [7, 11) is 0. The largest absolute Gasteiger partial charge is 0.419 e. The van der Waals surface area contributed by atoms with Crippen molar-refractivity contribution in [2.24, 2.45) is 5.41 Å². The van der Waals surface area contributed by atoms with Crippen LogP contribution in [0.2, 0.25) is 5.02 Å². The predicted molar refractivity (Wildman–Crippen MR) is 111 cm³/mol. The van der Waals surface area contributed by atoms with Gasteiger partial charge in [0.25, 0.3) is 0 Å². The minimum Gasteiger partial charge on any atom is -0.352 e. The number of halogens is 5. The van der Waals surface area contributed by atoms with Crippen LogP contribution in [0.5, 0.6) is 0 Å². The number of alkyl halides is 3. The van der Waals surface area contributed by atoms with Gasteiger partial charge in [0.15, 0.2) is 5.82 Å². The number of hydrogen-bond donors (Lipinski definition) is 2. The van der Waals surface area contributed by atoms with Crippen LogP contribution in [0.4, 0.5) is 17.6 Å². The molecule has 1 heterocycles. The first kappa shape index (κ1) is 23.5. The van der Waals surface area contributed by atoms with Crippen LogP contribution < -0.4 is 11.0 Å². The molecular formula is C21H19ClF4N4O2. The molecule has 0 saturated carbocycles. The van der Waals surface area contributed by atoms with E-state index < -0.39 is 28.7 Å². The van der Waals surface area contributed by atoms with Gasteiger partial charge in [-0.1, -0.05) is 44.5 Å². The number of nitrogens with one attached hydrogen (secondary N) is 2. The normalized spacial score (nSPS) is 12.1. The number of H-pyrrole nitrogens is 1. The molecule has 3 aromatic rings. The lowest BCUT2D eigenvalue weighted by Gasteiger charge is -2.17. The SMILES string of the molecule is CC(C)(C)C(=O)NCc1ccc(Cl)c(-n2nc(-c3ccc(C(F)(F)F)c(F)c3)[nH]c2=O)c1. The zero-order valence-corrected chi connectivity index (χ0v) is 18.0. The highest BCUT2D eigenvalue weighted by atomic mass is 35.5. The Balaban J connectivity index is 1.93. The Morgan fingerprint density at radius 2 is 1.84 bits per heavy atom. The number of aromatic nitrogens is 3. The van der Waals surface area contributed by atoms with Crippen LogP contribution in [-0.2, 0) is 17.5 Å². The van der Waals surface area contributed by atoms with Crippen molar-refractivity contribution in [1.82, 2.24) is 20.1 Å². The number of benzene rings is 2. The lowest BCUT2D eigenvalue weighted by molar-refractivity contribution is -0.140. The fourth-order valence-electron chi connectivity index (χ4n) is 2.79. The van der Waals surface area contributed by atoms with Crippen molar-refractivity contribution in [2.75, 3.05) is 0 Å². The monoisotopic (exact) mass is 470 g/mol. The molecule has 11 heteroatoms. The van der Waals surface area contributed by atoms with Gasteiger partial charge < -0.3 is 5.32 Å². The predicted octanol–water partition coefficient (Wildman–Crippen LogP) is 4.70. The molecule has 0 saturated heterocycles. The van der Waals surface area contributed by atoms with E-state index in [1.165, 1.54) is 6.07 Å². The van der Waals surface area contributed by atoms with Crippen LogP contribution in [0, 0.1) is 11.2 Å². The molecule has 170 valence electrons. The number of hydrogen-bond acceptors (Lipinski definition) is 3. The van der Waals surface area contributed by atoms with Gasteiger partial charge in [-0.2, -0.15) is 17.9 Å². The minimum atomic E-state index is -4.84. The van der Waals surface area contributed by atoms with E-state index in [1.807, 2.05) is 0 Å². The molecule has 1 aromatic heterocycles. The first-order valence-corrected chi connectivity index (χ1v) is 9.79. The molecule has 2 N–H and O–H groups in total. The maximum Gasteiger partial charge on any atom is 0.419 e. The first-order chi connectivity index (χ1) is 14.8. The second-order valence-electron chi connectivity index (χ2n) is 8.10. The smallest absolute Gasteiger partial charge is 0.352 e. The van der Waals surface area contributed by atoms with E-state index in [4.69, 9.17) is 11.6 Å². The zero-order valence-electron chi connectivity index (χ0n) is 17.3. The maximum atomic E-state index is 13.9. The van der Waals surface area contributed by atoms with Gasteiger partial charge in [-0.15, -0.1) is 5.10 Å². The second-order valence-corrected chi connectivity index (χ2v) is 8.51. The zero-order chi connectivity index (χ0) is 23.8. The molecule has 1 amide bonds.